The zero-order valence-electron chi connectivity index (χ0n) is 12.6. The number of benzene rings is 1. The van der Waals surface area contributed by atoms with Gasteiger partial charge in [-0.1, -0.05) is 12.1 Å². The normalized spacial score (nSPS) is 17.5. The Morgan fingerprint density at radius 1 is 1.41 bits per heavy atom. The predicted molar refractivity (Wildman–Crippen MR) is 82.6 cm³/mol. The Kier molecular flexibility index (Phi) is 4.32. The first-order valence-electron chi connectivity index (χ1n) is 7.49. The van der Waals surface area contributed by atoms with Crippen LogP contribution < -0.4 is 10.1 Å². The molecule has 1 fully saturated rings. The topological polar surface area (TPSA) is 54.7 Å². The first-order chi connectivity index (χ1) is 10.8. The molecule has 116 valence electrons. The van der Waals surface area contributed by atoms with E-state index < -0.39 is 0 Å². The molecule has 22 heavy (non-hydrogen) atoms. The number of nitrogens with one attached hydrogen (secondary N) is 1. The molecule has 1 aromatic carbocycles. The van der Waals surface area contributed by atoms with Gasteiger partial charge in [-0.05, 0) is 42.7 Å². The van der Waals surface area contributed by atoms with Crippen molar-refractivity contribution >= 4 is 6.03 Å². The van der Waals surface area contributed by atoms with Crippen molar-refractivity contribution in [2.45, 2.75) is 25.4 Å². The Hall–Kier alpha value is -2.43. The van der Waals surface area contributed by atoms with Crippen LogP contribution in [0.15, 0.2) is 47.1 Å². The van der Waals surface area contributed by atoms with Crippen molar-refractivity contribution in [2.75, 3.05) is 13.7 Å². The number of carbonyl (C=O) groups excluding carboxylic acids is 1. The van der Waals surface area contributed by atoms with Gasteiger partial charge in [0.2, 0.25) is 0 Å². The van der Waals surface area contributed by atoms with E-state index in [4.69, 9.17) is 9.15 Å². The molecular formula is C17H20N2O3. The summed E-state index contributed by atoms with van der Waals surface area (Å²) in [5.41, 5.74) is 1.02. The third kappa shape index (κ3) is 3.08. The molecule has 2 aromatic rings. The highest BCUT2D eigenvalue weighted by Crippen LogP contribution is 2.32. The Balaban J connectivity index is 1.61. The quantitative estimate of drug-likeness (QED) is 0.942. The van der Waals surface area contributed by atoms with Crippen molar-refractivity contribution in [3.8, 4) is 5.75 Å². The highest BCUT2D eigenvalue weighted by atomic mass is 16.5. The van der Waals surface area contributed by atoms with E-state index in [0.29, 0.717) is 6.54 Å². The van der Waals surface area contributed by atoms with Gasteiger partial charge in [0.05, 0.1) is 19.4 Å². The van der Waals surface area contributed by atoms with Gasteiger partial charge in [-0.3, -0.25) is 0 Å². The number of methoxy groups -OCH3 is 1. The molecule has 0 radical (unpaired) electrons. The lowest BCUT2D eigenvalue weighted by molar-refractivity contribution is 0.186. The van der Waals surface area contributed by atoms with Crippen molar-refractivity contribution in [3.63, 3.8) is 0 Å². The molecule has 0 aliphatic carbocycles. The number of amides is 2. The average molecular weight is 300 g/mol. The minimum absolute atomic E-state index is 0.0420. The molecule has 2 amide bonds. The molecule has 1 aromatic heterocycles. The lowest BCUT2D eigenvalue weighted by Gasteiger charge is -2.23. The van der Waals surface area contributed by atoms with Gasteiger partial charge in [-0.25, -0.2) is 4.79 Å². The Bertz CT molecular complexity index is 625. The molecule has 1 aliphatic rings. The minimum Gasteiger partial charge on any atom is -0.497 e. The summed E-state index contributed by atoms with van der Waals surface area (Å²) in [4.78, 5) is 14.3. The maximum Gasteiger partial charge on any atom is 0.318 e. The smallest absolute Gasteiger partial charge is 0.318 e. The van der Waals surface area contributed by atoms with Crippen LogP contribution in [0.2, 0.25) is 0 Å². The Morgan fingerprint density at radius 2 is 2.32 bits per heavy atom. The van der Waals surface area contributed by atoms with Crippen LogP contribution in [0.1, 0.15) is 30.2 Å². The van der Waals surface area contributed by atoms with Crippen molar-refractivity contribution in [3.05, 3.63) is 54.0 Å². The molecule has 1 aliphatic heterocycles. The molecular weight excluding hydrogens is 280 g/mol. The van der Waals surface area contributed by atoms with Crippen LogP contribution in [-0.4, -0.2) is 24.6 Å². The second-order valence-corrected chi connectivity index (χ2v) is 5.38. The maximum absolute atomic E-state index is 12.4. The molecule has 1 saturated heterocycles. The molecule has 0 spiro atoms. The number of likely N-dealkylation sites (tertiary alicyclic amines) is 1. The Labute approximate surface area is 129 Å². The number of furan rings is 1. The van der Waals surface area contributed by atoms with Crippen LogP contribution in [0, 0.1) is 0 Å². The number of carbonyl (C=O) groups is 1. The van der Waals surface area contributed by atoms with Gasteiger partial charge in [0.25, 0.3) is 0 Å². The highest BCUT2D eigenvalue weighted by molar-refractivity contribution is 5.75. The molecule has 2 heterocycles. The number of hydrogen-bond acceptors (Lipinski definition) is 3. The molecule has 5 heteroatoms. The van der Waals surface area contributed by atoms with Crippen LogP contribution >= 0.6 is 0 Å². The standard InChI is InChI=1S/C17H20N2O3/c1-21-14-6-2-5-13(11-14)12-18-17(20)19-9-3-7-15(19)16-8-4-10-22-16/h2,4-6,8,10-11,15H,3,7,9,12H2,1H3,(H,18,20). The van der Waals surface area contributed by atoms with Crippen LogP contribution in [0.4, 0.5) is 4.79 Å². The summed E-state index contributed by atoms with van der Waals surface area (Å²) in [6, 6.07) is 11.5. The van der Waals surface area contributed by atoms with Crippen molar-refractivity contribution in [1.29, 1.82) is 0 Å². The molecule has 1 unspecified atom stereocenters. The van der Waals surface area contributed by atoms with E-state index in [1.54, 1.807) is 13.4 Å². The largest absolute Gasteiger partial charge is 0.497 e. The fourth-order valence-electron chi connectivity index (χ4n) is 2.85. The number of rotatable bonds is 4. The SMILES string of the molecule is COc1cccc(CNC(=O)N2CCCC2c2ccco2)c1. The van der Waals surface area contributed by atoms with E-state index in [1.807, 2.05) is 41.3 Å². The van der Waals surface area contributed by atoms with E-state index in [0.717, 1.165) is 36.5 Å². The third-order valence-corrected chi connectivity index (χ3v) is 3.96. The van der Waals surface area contributed by atoms with E-state index >= 15 is 0 Å². The number of hydrogen-bond donors (Lipinski definition) is 1. The van der Waals surface area contributed by atoms with E-state index in [9.17, 15) is 4.79 Å². The molecule has 3 rings (SSSR count). The first-order valence-corrected chi connectivity index (χ1v) is 7.49. The fraction of sp³-hybridized carbons (Fsp3) is 0.353. The van der Waals surface area contributed by atoms with Crippen LogP contribution in [0.25, 0.3) is 0 Å². The van der Waals surface area contributed by atoms with Gasteiger partial charge >= 0.3 is 6.03 Å². The van der Waals surface area contributed by atoms with Gasteiger partial charge in [0.1, 0.15) is 11.5 Å². The second kappa shape index (κ2) is 6.56. The zero-order valence-corrected chi connectivity index (χ0v) is 12.6. The van der Waals surface area contributed by atoms with E-state index in [1.165, 1.54) is 0 Å². The molecule has 5 nitrogen and oxygen atoms in total. The average Bonchev–Trinajstić information content (AvgIpc) is 3.23. The van der Waals surface area contributed by atoms with Gasteiger partial charge in [-0.2, -0.15) is 0 Å². The zero-order chi connectivity index (χ0) is 15.4. The molecule has 1 N–H and O–H groups in total. The first kappa shape index (κ1) is 14.5. The predicted octanol–water partition coefficient (Wildman–Crippen LogP) is 3.33. The summed E-state index contributed by atoms with van der Waals surface area (Å²) in [6.45, 7) is 1.24. The lowest BCUT2D eigenvalue weighted by Crippen LogP contribution is -2.39. The monoisotopic (exact) mass is 300 g/mol. The van der Waals surface area contributed by atoms with Crippen LogP contribution in [0.5, 0.6) is 5.75 Å². The van der Waals surface area contributed by atoms with E-state index in [2.05, 4.69) is 5.32 Å². The highest BCUT2D eigenvalue weighted by Gasteiger charge is 2.31. The summed E-state index contributed by atoms with van der Waals surface area (Å²) in [6.07, 6.45) is 3.60. The van der Waals surface area contributed by atoms with Gasteiger partial charge in [-0.15, -0.1) is 0 Å². The van der Waals surface area contributed by atoms with Crippen molar-refractivity contribution < 1.29 is 13.9 Å². The summed E-state index contributed by atoms with van der Waals surface area (Å²) in [5.74, 6) is 1.65. The number of urea groups is 1. The summed E-state index contributed by atoms with van der Waals surface area (Å²) >= 11 is 0. The molecule has 0 bridgehead atoms. The fourth-order valence-corrected chi connectivity index (χ4v) is 2.85. The molecule has 1 atom stereocenters. The lowest BCUT2D eigenvalue weighted by atomic mass is 10.2. The van der Waals surface area contributed by atoms with Gasteiger partial charge in [0.15, 0.2) is 0 Å². The van der Waals surface area contributed by atoms with Crippen molar-refractivity contribution in [1.82, 2.24) is 10.2 Å². The summed E-state index contributed by atoms with van der Waals surface area (Å²) in [7, 11) is 1.63. The second-order valence-electron chi connectivity index (χ2n) is 5.38. The van der Waals surface area contributed by atoms with E-state index in [-0.39, 0.29) is 12.1 Å². The van der Waals surface area contributed by atoms with Gasteiger partial charge < -0.3 is 19.4 Å². The van der Waals surface area contributed by atoms with Crippen molar-refractivity contribution in [2.24, 2.45) is 0 Å². The number of nitrogens with zero attached hydrogens (tertiary/aromatic N) is 1. The Morgan fingerprint density at radius 3 is 3.09 bits per heavy atom. The minimum atomic E-state index is -0.0540. The maximum atomic E-state index is 12.4. The molecule has 0 saturated carbocycles. The third-order valence-electron chi connectivity index (χ3n) is 3.96. The summed E-state index contributed by atoms with van der Waals surface area (Å²) in [5, 5.41) is 2.97. The van der Waals surface area contributed by atoms with Crippen LogP contribution in [-0.2, 0) is 6.54 Å². The summed E-state index contributed by atoms with van der Waals surface area (Å²) < 4.78 is 10.6. The van der Waals surface area contributed by atoms with Gasteiger partial charge in [0, 0.05) is 13.1 Å². The number of ether oxygens (including phenoxy) is 1. The van der Waals surface area contributed by atoms with Crippen LogP contribution in [0.3, 0.4) is 0 Å².